The summed E-state index contributed by atoms with van der Waals surface area (Å²) in [7, 11) is 0. The minimum atomic E-state index is -0.237. The van der Waals surface area contributed by atoms with Gasteiger partial charge in [-0.1, -0.05) is 6.42 Å². The maximum Gasteiger partial charge on any atom is 0.223 e. The van der Waals surface area contributed by atoms with Crippen LogP contribution < -0.4 is 5.73 Å². The smallest absolute Gasteiger partial charge is 0.223 e. The lowest BCUT2D eigenvalue weighted by Crippen LogP contribution is -2.52. The Morgan fingerprint density at radius 2 is 1.88 bits per heavy atom. The molecule has 5 nitrogen and oxygen atoms in total. The van der Waals surface area contributed by atoms with Crippen LogP contribution in [0.15, 0.2) is 30.3 Å². The molecule has 130 valence electrons. The highest BCUT2D eigenvalue weighted by molar-refractivity contribution is 5.78. The molecule has 3 rings (SSSR count). The third-order valence-electron chi connectivity index (χ3n) is 4.58. The summed E-state index contributed by atoms with van der Waals surface area (Å²) in [5.74, 6) is 0.437. The molecule has 2 heterocycles. The lowest BCUT2D eigenvalue weighted by molar-refractivity contribution is -0.126. The SMILES string of the molecule is NC(=O)C1CN(CCCCCN2CC=C(c3ccc(F)cc3)O2)C1. The van der Waals surface area contributed by atoms with E-state index in [0.717, 1.165) is 63.3 Å². The second-order valence-electron chi connectivity index (χ2n) is 6.47. The quantitative estimate of drug-likeness (QED) is 0.739. The number of hydroxylamine groups is 2. The number of hydrogen-bond donors (Lipinski definition) is 1. The molecular formula is C18H24FN3O2. The molecule has 24 heavy (non-hydrogen) atoms. The topological polar surface area (TPSA) is 58.8 Å². The molecule has 0 aliphatic carbocycles. The van der Waals surface area contributed by atoms with Crippen molar-refractivity contribution < 1.29 is 14.0 Å². The van der Waals surface area contributed by atoms with E-state index in [-0.39, 0.29) is 17.6 Å². The summed E-state index contributed by atoms with van der Waals surface area (Å²) >= 11 is 0. The molecular weight excluding hydrogens is 309 g/mol. The highest BCUT2D eigenvalue weighted by Gasteiger charge is 2.30. The fourth-order valence-electron chi connectivity index (χ4n) is 3.05. The Hall–Kier alpha value is -1.92. The summed E-state index contributed by atoms with van der Waals surface area (Å²) in [6.07, 6.45) is 5.34. The maximum absolute atomic E-state index is 12.9. The predicted octanol–water partition coefficient (Wildman–Crippen LogP) is 2.00. The number of rotatable bonds is 8. The normalized spacial score (nSPS) is 19.0. The Morgan fingerprint density at radius 1 is 1.17 bits per heavy atom. The largest absolute Gasteiger partial charge is 0.405 e. The van der Waals surface area contributed by atoms with E-state index in [0.29, 0.717) is 0 Å². The van der Waals surface area contributed by atoms with Gasteiger partial charge in [-0.3, -0.25) is 4.79 Å². The molecule has 0 saturated carbocycles. The first-order chi connectivity index (χ1) is 11.6. The monoisotopic (exact) mass is 333 g/mol. The molecule has 0 aromatic heterocycles. The molecule has 2 aliphatic heterocycles. The summed E-state index contributed by atoms with van der Waals surface area (Å²) < 4.78 is 12.9. The van der Waals surface area contributed by atoms with Gasteiger partial charge >= 0.3 is 0 Å². The van der Waals surface area contributed by atoms with Crippen molar-refractivity contribution in [3.05, 3.63) is 41.7 Å². The summed E-state index contributed by atoms with van der Waals surface area (Å²) in [6.45, 7) is 4.30. The zero-order chi connectivity index (χ0) is 16.9. The number of likely N-dealkylation sites (tertiary alicyclic amines) is 1. The van der Waals surface area contributed by atoms with E-state index < -0.39 is 0 Å². The van der Waals surface area contributed by atoms with E-state index in [4.69, 9.17) is 10.6 Å². The average molecular weight is 333 g/mol. The Kier molecular flexibility index (Phi) is 5.48. The fourth-order valence-corrected chi connectivity index (χ4v) is 3.05. The molecule has 0 bridgehead atoms. The molecule has 0 unspecified atom stereocenters. The molecule has 0 atom stereocenters. The number of unbranched alkanes of at least 4 members (excludes halogenated alkanes) is 2. The van der Waals surface area contributed by atoms with Crippen molar-refractivity contribution >= 4 is 11.7 Å². The summed E-state index contributed by atoms with van der Waals surface area (Å²) in [6, 6.07) is 6.36. The number of benzene rings is 1. The van der Waals surface area contributed by atoms with Gasteiger partial charge < -0.3 is 15.5 Å². The van der Waals surface area contributed by atoms with E-state index >= 15 is 0 Å². The molecule has 2 N–H and O–H groups in total. The van der Waals surface area contributed by atoms with Gasteiger partial charge in [0.15, 0.2) is 5.76 Å². The van der Waals surface area contributed by atoms with Gasteiger partial charge in [-0.05, 0) is 49.7 Å². The third kappa shape index (κ3) is 4.33. The minimum Gasteiger partial charge on any atom is -0.405 e. The van der Waals surface area contributed by atoms with Crippen LogP contribution in [0.4, 0.5) is 4.39 Å². The van der Waals surface area contributed by atoms with Crippen LogP contribution in [0, 0.1) is 11.7 Å². The van der Waals surface area contributed by atoms with Crippen LogP contribution >= 0.6 is 0 Å². The van der Waals surface area contributed by atoms with Crippen molar-refractivity contribution in [1.29, 1.82) is 0 Å². The molecule has 1 aromatic carbocycles. The number of carbonyl (C=O) groups excluding carboxylic acids is 1. The molecule has 6 heteroatoms. The number of carbonyl (C=O) groups is 1. The standard InChI is InChI=1S/C18H24FN3O2/c19-16-6-4-14(5-7-16)17-8-11-22(24-17)10-3-1-2-9-21-12-15(13-21)18(20)23/h4-8,15H,1-3,9-13H2,(H2,20,23). The number of nitrogens with zero attached hydrogens (tertiary/aromatic N) is 2. The van der Waals surface area contributed by atoms with Gasteiger partial charge in [0.05, 0.1) is 12.5 Å². The molecule has 1 amide bonds. The van der Waals surface area contributed by atoms with Gasteiger partial charge in [-0.15, -0.1) is 5.06 Å². The minimum absolute atomic E-state index is 0.0546. The lowest BCUT2D eigenvalue weighted by atomic mass is 9.99. The van der Waals surface area contributed by atoms with Gasteiger partial charge in [-0.2, -0.15) is 0 Å². The van der Waals surface area contributed by atoms with Crippen molar-refractivity contribution in [2.45, 2.75) is 19.3 Å². The van der Waals surface area contributed by atoms with Gasteiger partial charge in [0, 0.05) is 25.2 Å². The number of nitrogens with two attached hydrogens (primary N) is 1. The molecule has 1 fully saturated rings. The summed E-state index contributed by atoms with van der Waals surface area (Å²) in [5, 5.41) is 1.94. The van der Waals surface area contributed by atoms with Gasteiger partial charge in [0.1, 0.15) is 5.82 Å². The zero-order valence-electron chi connectivity index (χ0n) is 13.8. The van der Waals surface area contributed by atoms with Crippen LogP contribution in [0.1, 0.15) is 24.8 Å². The first kappa shape index (κ1) is 16.9. The van der Waals surface area contributed by atoms with Crippen molar-refractivity contribution in [2.24, 2.45) is 11.7 Å². The average Bonchev–Trinajstić information content (AvgIpc) is 2.98. The molecule has 0 radical (unpaired) electrons. The van der Waals surface area contributed by atoms with E-state index in [2.05, 4.69) is 4.90 Å². The first-order valence-corrected chi connectivity index (χ1v) is 8.52. The van der Waals surface area contributed by atoms with Gasteiger partial charge in [0.25, 0.3) is 0 Å². The van der Waals surface area contributed by atoms with Crippen molar-refractivity contribution in [3.8, 4) is 0 Å². The van der Waals surface area contributed by atoms with Crippen LogP contribution in [0.5, 0.6) is 0 Å². The van der Waals surface area contributed by atoms with Gasteiger partial charge in [0.2, 0.25) is 5.91 Å². The molecule has 0 spiro atoms. The molecule has 1 saturated heterocycles. The van der Waals surface area contributed by atoms with Crippen LogP contribution in [0.3, 0.4) is 0 Å². The second kappa shape index (κ2) is 7.77. The second-order valence-corrected chi connectivity index (χ2v) is 6.47. The van der Waals surface area contributed by atoms with Crippen molar-refractivity contribution in [2.75, 3.05) is 32.7 Å². The van der Waals surface area contributed by atoms with Gasteiger partial charge in [-0.25, -0.2) is 4.39 Å². The van der Waals surface area contributed by atoms with E-state index in [9.17, 15) is 9.18 Å². The van der Waals surface area contributed by atoms with Crippen molar-refractivity contribution in [1.82, 2.24) is 9.96 Å². The Balaban J connectivity index is 1.27. The Labute approximate surface area is 141 Å². The summed E-state index contributed by atoms with van der Waals surface area (Å²) in [5.41, 5.74) is 6.16. The number of primary amides is 1. The van der Waals surface area contributed by atoms with E-state index in [1.165, 1.54) is 12.1 Å². The fraction of sp³-hybridized carbons (Fsp3) is 0.500. The van der Waals surface area contributed by atoms with Crippen LogP contribution in [0.2, 0.25) is 0 Å². The van der Waals surface area contributed by atoms with Crippen LogP contribution in [-0.2, 0) is 9.63 Å². The van der Waals surface area contributed by atoms with Crippen LogP contribution in [0.25, 0.3) is 5.76 Å². The number of halogens is 1. The Morgan fingerprint density at radius 3 is 2.58 bits per heavy atom. The third-order valence-corrected chi connectivity index (χ3v) is 4.58. The first-order valence-electron chi connectivity index (χ1n) is 8.52. The number of amides is 1. The predicted molar refractivity (Wildman–Crippen MR) is 90.0 cm³/mol. The highest BCUT2D eigenvalue weighted by atomic mass is 19.1. The van der Waals surface area contributed by atoms with E-state index in [1.807, 2.05) is 11.1 Å². The van der Waals surface area contributed by atoms with E-state index in [1.54, 1.807) is 12.1 Å². The molecule has 1 aromatic rings. The Bertz CT molecular complexity index is 597. The maximum atomic E-state index is 12.9. The molecule has 2 aliphatic rings. The van der Waals surface area contributed by atoms with Crippen molar-refractivity contribution in [3.63, 3.8) is 0 Å². The van der Waals surface area contributed by atoms with Crippen LogP contribution in [-0.4, -0.2) is 48.6 Å². The number of hydrogen-bond acceptors (Lipinski definition) is 4. The highest BCUT2D eigenvalue weighted by Crippen LogP contribution is 2.23. The lowest BCUT2D eigenvalue weighted by Gasteiger charge is -2.37. The summed E-state index contributed by atoms with van der Waals surface area (Å²) in [4.78, 5) is 19.0. The zero-order valence-corrected chi connectivity index (χ0v) is 13.8.